The first kappa shape index (κ1) is 15.0. The number of nitrogens with one attached hydrogen (secondary N) is 1. The molecule has 3 N–H and O–H groups in total. The van der Waals surface area contributed by atoms with Crippen molar-refractivity contribution < 1.29 is 4.74 Å². The molecule has 108 valence electrons. The van der Waals surface area contributed by atoms with Crippen molar-refractivity contribution in [2.75, 3.05) is 6.61 Å². The molecule has 3 heteroatoms. The van der Waals surface area contributed by atoms with Crippen LogP contribution in [0.25, 0.3) is 10.8 Å². The van der Waals surface area contributed by atoms with Gasteiger partial charge in [-0.05, 0) is 29.7 Å². The Morgan fingerprint density at radius 1 is 1.10 bits per heavy atom. The van der Waals surface area contributed by atoms with Gasteiger partial charge in [-0.3, -0.25) is 11.3 Å². The van der Waals surface area contributed by atoms with E-state index in [0.717, 1.165) is 12.8 Å². The normalized spacial score (nSPS) is 14.3. The van der Waals surface area contributed by atoms with Gasteiger partial charge in [0.1, 0.15) is 0 Å². The third kappa shape index (κ3) is 3.18. The van der Waals surface area contributed by atoms with Gasteiger partial charge in [-0.15, -0.1) is 0 Å². The van der Waals surface area contributed by atoms with E-state index in [-0.39, 0.29) is 12.1 Å². The number of nitrogens with two attached hydrogens (primary N) is 1. The number of hydrazine groups is 1. The van der Waals surface area contributed by atoms with Gasteiger partial charge < -0.3 is 4.74 Å². The second-order valence-corrected chi connectivity index (χ2v) is 5.00. The van der Waals surface area contributed by atoms with Crippen LogP contribution in [0.15, 0.2) is 42.5 Å². The van der Waals surface area contributed by atoms with Gasteiger partial charge >= 0.3 is 0 Å². The second kappa shape index (κ2) is 7.39. The fourth-order valence-electron chi connectivity index (χ4n) is 2.76. The summed E-state index contributed by atoms with van der Waals surface area (Å²) in [4.78, 5) is 0. The van der Waals surface area contributed by atoms with Crippen molar-refractivity contribution in [3.05, 3.63) is 48.0 Å². The highest BCUT2D eigenvalue weighted by atomic mass is 16.5. The largest absolute Gasteiger partial charge is 0.376 e. The van der Waals surface area contributed by atoms with E-state index in [1.807, 2.05) is 6.92 Å². The first-order valence-corrected chi connectivity index (χ1v) is 7.37. The van der Waals surface area contributed by atoms with Gasteiger partial charge in [0.2, 0.25) is 0 Å². The molecule has 2 aromatic carbocycles. The predicted molar refractivity (Wildman–Crippen MR) is 84.3 cm³/mol. The molecule has 0 saturated carbocycles. The zero-order valence-corrected chi connectivity index (χ0v) is 12.3. The van der Waals surface area contributed by atoms with Crippen molar-refractivity contribution in [1.82, 2.24) is 5.43 Å². The fourth-order valence-corrected chi connectivity index (χ4v) is 2.76. The SMILES string of the molecule is CCCC(OCC)C(NN)c1cccc2ccccc12. The van der Waals surface area contributed by atoms with Gasteiger partial charge in [-0.25, -0.2) is 0 Å². The number of benzene rings is 2. The third-order valence-electron chi connectivity index (χ3n) is 3.66. The van der Waals surface area contributed by atoms with Gasteiger partial charge in [0.05, 0.1) is 12.1 Å². The molecule has 0 spiro atoms. The van der Waals surface area contributed by atoms with Gasteiger partial charge in [0, 0.05) is 6.61 Å². The molecule has 0 amide bonds. The molecule has 20 heavy (non-hydrogen) atoms. The number of hydrogen-bond donors (Lipinski definition) is 2. The molecule has 0 fully saturated rings. The summed E-state index contributed by atoms with van der Waals surface area (Å²) < 4.78 is 5.90. The Hall–Kier alpha value is -1.42. The minimum Gasteiger partial charge on any atom is -0.376 e. The van der Waals surface area contributed by atoms with E-state index >= 15 is 0 Å². The maximum absolute atomic E-state index is 5.90. The highest BCUT2D eigenvalue weighted by Gasteiger charge is 2.23. The smallest absolute Gasteiger partial charge is 0.0782 e. The summed E-state index contributed by atoms with van der Waals surface area (Å²) >= 11 is 0. The third-order valence-corrected chi connectivity index (χ3v) is 3.66. The summed E-state index contributed by atoms with van der Waals surface area (Å²) in [5, 5.41) is 2.47. The van der Waals surface area contributed by atoms with Gasteiger partial charge in [-0.2, -0.15) is 0 Å². The van der Waals surface area contributed by atoms with Crippen molar-refractivity contribution >= 4 is 10.8 Å². The quantitative estimate of drug-likeness (QED) is 0.598. The molecule has 0 aliphatic heterocycles. The summed E-state index contributed by atoms with van der Waals surface area (Å²) in [5.41, 5.74) is 4.16. The number of ether oxygens (including phenoxy) is 1. The predicted octanol–water partition coefficient (Wildman–Crippen LogP) is 3.55. The van der Waals surface area contributed by atoms with Crippen molar-refractivity contribution in [1.29, 1.82) is 0 Å². The molecule has 0 radical (unpaired) electrons. The van der Waals surface area contributed by atoms with Crippen molar-refractivity contribution in [3.8, 4) is 0 Å². The minimum absolute atomic E-state index is 0.0148. The van der Waals surface area contributed by atoms with Gasteiger partial charge in [-0.1, -0.05) is 55.8 Å². The van der Waals surface area contributed by atoms with Crippen LogP contribution in [0.5, 0.6) is 0 Å². The van der Waals surface area contributed by atoms with Crippen molar-refractivity contribution in [2.45, 2.75) is 38.8 Å². The van der Waals surface area contributed by atoms with E-state index in [0.29, 0.717) is 6.61 Å². The molecule has 0 aliphatic rings. The summed E-state index contributed by atoms with van der Waals surface area (Å²) in [7, 11) is 0. The van der Waals surface area contributed by atoms with E-state index in [9.17, 15) is 0 Å². The van der Waals surface area contributed by atoms with Crippen LogP contribution in [0.3, 0.4) is 0 Å². The van der Waals surface area contributed by atoms with E-state index in [1.54, 1.807) is 0 Å². The lowest BCUT2D eigenvalue weighted by atomic mass is 9.93. The molecule has 2 unspecified atom stereocenters. The van der Waals surface area contributed by atoms with Crippen LogP contribution in [0, 0.1) is 0 Å². The van der Waals surface area contributed by atoms with Crippen molar-refractivity contribution in [2.24, 2.45) is 5.84 Å². The van der Waals surface area contributed by atoms with Crippen LogP contribution in [0.4, 0.5) is 0 Å². The molecule has 3 nitrogen and oxygen atoms in total. The van der Waals surface area contributed by atoms with E-state index in [2.05, 4.69) is 54.8 Å². The maximum atomic E-state index is 5.90. The fraction of sp³-hybridized carbons (Fsp3) is 0.412. The molecule has 0 aromatic heterocycles. The van der Waals surface area contributed by atoms with Crippen LogP contribution < -0.4 is 11.3 Å². The first-order valence-electron chi connectivity index (χ1n) is 7.37. The highest BCUT2D eigenvalue weighted by Crippen LogP contribution is 2.28. The highest BCUT2D eigenvalue weighted by molar-refractivity contribution is 5.86. The Morgan fingerprint density at radius 3 is 2.55 bits per heavy atom. The number of hydrogen-bond acceptors (Lipinski definition) is 3. The summed E-state index contributed by atoms with van der Waals surface area (Å²) in [6.07, 6.45) is 2.17. The summed E-state index contributed by atoms with van der Waals surface area (Å²) in [6, 6.07) is 14.7. The van der Waals surface area contributed by atoms with Gasteiger partial charge in [0.15, 0.2) is 0 Å². The number of rotatable bonds is 7. The van der Waals surface area contributed by atoms with Crippen LogP contribution in [0.2, 0.25) is 0 Å². The zero-order valence-electron chi connectivity index (χ0n) is 12.3. The average Bonchev–Trinajstić information content (AvgIpc) is 2.49. The number of fused-ring (bicyclic) bond motifs is 1. The summed E-state index contributed by atoms with van der Waals surface area (Å²) in [6.45, 7) is 4.90. The average molecular weight is 272 g/mol. The lowest BCUT2D eigenvalue weighted by Gasteiger charge is -2.27. The van der Waals surface area contributed by atoms with E-state index in [4.69, 9.17) is 10.6 Å². The maximum Gasteiger partial charge on any atom is 0.0782 e. The Kier molecular flexibility index (Phi) is 5.53. The molecule has 0 saturated heterocycles. The zero-order chi connectivity index (χ0) is 14.4. The van der Waals surface area contributed by atoms with Crippen LogP contribution in [-0.4, -0.2) is 12.7 Å². The van der Waals surface area contributed by atoms with Crippen molar-refractivity contribution in [3.63, 3.8) is 0 Å². The molecule has 2 atom stereocenters. The molecule has 0 heterocycles. The Morgan fingerprint density at radius 2 is 1.85 bits per heavy atom. The standard InChI is InChI=1S/C17H24N2O/c1-3-8-16(20-4-2)17(19-18)15-12-7-10-13-9-5-6-11-14(13)15/h5-7,9-12,16-17,19H,3-4,8,18H2,1-2H3. The van der Waals surface area contributed by atoms with Gasteiger partial charge in [0.25, 0.3) is 0 Å². The summed E-state index contributed by atoms with van der Waals surface area (Å²) in [5.74, 6) is 5.83. The monoisotopic (exact) mass is 272 g/mol. The molecular formula is C17H24N2O. The first-order chi connectivity index (χ1) is 9.81. The molecule has 2 aromatic rings. The van der Waals surface area contributed by atoms with E-state index < -0.39 is 0 Å². The lowest BCUT2D eigenvalue weighted by Crippen LogP contribution is -2.38. The Balaban J connectivity index is 2.42. The molecule has 2 rings (SSSR count). The second-order valence-electron chi connectivity index (χ2n) is 5.00. The lowest BCUT2D eigenvalue weighted by molar-refractivity contribution is 0.0279. The van der Waals surface area contributed by atoms with Crippen LogP contribution in [0.1, 0.15) is 38.3 Å². The van der Waals surface area contributed by atoms with Crippen LogP contribution >= 0.6 is 0 Å². The minimum atomic E-state index is 0.0148. The Bertz CT molecular complexity index is 530. The molecular weight excluding hydrogens is 248 g/mol. The molecule has 0 bridgehead atoms. The van der Waals surface area contributed by atoms with E-state index in [1.165, 1.54) is 16.3 Å². The van der Waals surface area contributed by atoms with Crippen LogP contribution in [-0.2, 0) is 4.74 Å². The Labute approximate surface area is 121 Å². The molecule has 0 aliphatic carbocycles. The topological polar surface area (TPSA) is 47.3 Å².